The Hall–Kier alpha value is 0.560. The van der Waals surface area contributed by atoms with Crippen LogP contribution in [0.4, 0.5) is 0 Å². The molecule has 2 bridgehead atoms. The molecule has 0 amide bonds. The van der Waals surface area contributed by atoms with Crippen LogP contribution in [0.1, 0.15) is 25.7 Å². The highest BCUT2D eigenvalue weighted by Crippen LogP contribution is 2.32. The third-order valence-corrected chi connectivity index (χ3v) is 5.53. The van der Waals surface area contributed by atoms with Crippen molar-refractivity contribution in [2.24, 2.45) is 5.92 Å². The average Bonchev–Trinajstić information content (AvgIpc) is 2.76. The minimum absolute atomic E-state index is 0. The quantitative estimate of drug-likeness (QED) is 0.820. The molecular weight excluding hydrogens is 240 g/mol. The van der Waals surface area contributed by atoms with Crippen LogP contribution in [0, 0.1) is 5.92 Å². The Morgan fingerprint density at radius 1 is 1.12 bits per heavy atom. The van der Waals surface area contributed by atoms with Crippen LogP contribution in [-0.2, 0) is 0 Å². The minimum atomic E-state index is 0. The summed E-state index contributed by atoms with van der Waals surface area (Å²) < 4.78 is 0. The van der Waals surface area contributed by atoms with Crippen molar-refractivity contribution in [2.45, 2.75) is 37.8 Å². The molecule has 3 unspecified atom stereocenters. The molecular formula is C12H23ClN2S. The molecule has 0 spiro atoms. The van der Waals surface area contributed by atoms with Gasteiger partial charge in [-0.15, -0.1) is 12.4 Å². The number of nitrogens with zero attached hydrogens (tertiary/aromatic N) is 1. The smallest absolute Gasteiger partial charge is 0.0224 e. The lowest BCUT2D eigenvalue weighted by Crippen LogP contribution is -2.41. The van der Waals surface area contributed by atoms with Gasteiger partial charge in [0.2, 0.25) is 0 Å². The van der Waals surface area contributed by atoms with Crippen molar-refractivity contribution >= 4 is 24.2 Å². The van der Waals surface area contributed by atoms with Crippen LogP contribution >= 0.6 is 24.2 Å². The summed E-state index contributed by atoms with van der Waals surface area (Å²) in [4.78, 5) is 2.84. The molecule has 2 nitrogen and oxygen atoms in total. The summed E-state index contributed by atoms with van der Waals surface area (Å²) in [5.41, 5.74) is 0. The zero-order valence-electron chi connectivity index (χ0n) is 9.86. The summed E-state index contributed by atoms with van der Waals surface area (Å²) in [5, 5.41) is 3.59. The van der Waals surface area contributed by atoms with Crippen molar-refractivity contribution < 1.29 is 0 Å². The summed E-state index contributed by atoms with van der Waals surface area (Å²) in [6.07, 6.45) is 5.76. The standard InChI is InChI=1S/C12H22N2S.ClH/c1-2-12-7-13-5-3-11(1)14(12)8-10-4-6-15-9-10;/h10-13H,1-9H2;1H. The van der Waals surface area contributed by atoms with Gasteiger partial charge in [-0.25, -0.2) is 0 Å². The Morgan fingerprint density at radius 2 is 2.00 bits per heavy atom. The second-order valence-electron chi connectivity index (χ2n) is 5.30. The normalized spacial score (nSPS) is 39.4. The number of nitrogens with one attached hydrogen (secondary N) is 1. The predicted octanol–water partition coefficient (Wildman–Crippen LogP) is 1.99. The molecule has 0 radical (unpaired) electrons. The minimum Gasteiger partial charge on any atom is -0.315 e. The zero-order chi connectivity index (χ0) is 10.1. The van der Waals surface area contributed by atoms with Crippen molar-refractivity contribution in [3.05, 3.63) is 0 Å². The van der Waals surface area contributed by atoms with Gasteiger partial charge in [0.1, 0.15) is 0 Å². The van der Waals surface area contributed by atoms with E-state index in [0.29, 0.717) is 0 Å². The van der Waals surface area contributed by atoms with Gasteiger partial charge in [-0.2, -0.15) is 11.8 Å². The highest BCUT2D eigenvalue weighted by Gasteiger charge is 2.36. The maximum absolute atomic E-state index is 3.59. The van der Waals surface area contributed by atoms with Crippen LogP contribution in [0.25, 0.3) is 0 Å². The number of hydrogen-bond acceptors (Lipinski definition) is 3. The second-order valence-corrected chi connectivity index (χ2v) is 6.45. The zero-order valence-corrected chi connectivity index (χ0v) is 11.5. The van der Waals surface area contributed by atoms with E-state index in [2.05, 4.69) is 22.0 Å². The van der Waals surface area contributed by atoms with E-state index >= 15 is 0 Å². The van der Waals surface area contributed by atoms with E-state index in [0.717, 1.165) is 18.0 Å². The number of hydrogen-bond donors (Lipinski definition) is 1. The van der Waals surface area contributed by atoms with Crippen molar-refractivity contribution in [3.8, 4) is 0 Å². The molecule has 3 saturated heterocycles. The first kappa shape index (κ1) is 13.0. The molecule has 0 aliphatic carbocycles. The summed E-state index contributed by atoms with van der Waals surface area (Å²) in [6.45, 7) is 3.89. The van der Waals surface area contributed by atoms with Gasteiger partial charge in [0.15, 0.2) is 0 Å². The first-order valence-electron chi connectivity index (χ1n) is 6.47. The number of thioether (sulfide) groups is 1. The Labute approximate surface area is 109 Å². The molecule has 3 rings (SSSR count). The maximum Gasteiger partial charge on any atom is 0.0224 e. The third-order valence-electron chi connectivity index (χ3n) is 4.30. The van der Waals surface area contributed by atoms with E-state index in [1.54, 1.807) is 0 Å². The van der Waals surface area contributed by atoms with Crippen molar-refractivity contribution in [2.75, 3.05) is 31.1 Å². The van der Waals surface area contributed by atoms with E-state index < -0.39 is 0 Å². The van der Waals surface area contributed by atoms with Crippen LogP contribution in [0.2, 0.25) is 0 Å². The van der Waals surface area contributed by atoms with Gasteiger partial charge in [0.05, 0.1) is 0 Å². The Balaban J connectivity index is 0.000000963. The SMILES string of the molecule is C1CC2CCC(CN1)N2CC1CCSC1.Cl. The molecule has 3 fully saturated rings. The molecule has 94 valence electrons. The number of halogens is 1. The molecule has 16 heavy (non-hydrogen) atoms. The van der Waals surface area contributed by atoms with E-state index in [-0.39, 0.29) is 12.4 Å². The molecule has 0 aromatic carbocycles. The summed E-state index contributed by atoms with van der Waals surface area (Å²) >= 11 is 2.16. The monoisotopic (exact) mass is 262 g/mol. The Morgan fingerprint density at radius 3 is 2.81 bits per heavy atom. The van der Waals surface area contributed by atoms with Gasteiger partial charge >= 0.3 is 0 Å². The van der Waals surface area contributed by atoms with E-state index in [1.165, 1.54) is 56.8 Å². The van der Waals surface area contributed by atoms with Gasteiger partial charge in [0.25, 0.3) is 0 Å². The first-order valence-corrected chi connectivity index (χ1v) is 7.63. The lowest BCUT2D eigenvalue weighted by molar-refractivity contribution is 0.177. The topological polar surface area (TPSA) is 15.3 Å². The fourth-order valence-electron chi connectivity index (χ4n) is 3.40. The van der Waals surface area contributed by atoms with Gasteiger partial charge in [0, 0.05) is 25.2 Å². The van der Waals surface area contributed by atoms with Crippen LogP contribution in [0.15, 0.2) is 0 Å². The molecule has 3 aliphatic rings. The molecule has 0 saturated carbocycles. The molecule has 0 aromatic heterocycles. The van der Waals surface area contributed by atoms with Crippen molar-refractivity contribution in [1.82, 2.24) is 10.2 Å². The largest absolute Gasteiger partial charge is 0.315 e. The fourth-order valence-corrected chi connectivity index (χ4v) is 4.68. The van der Waals surface area contributed by atoms with E-state index in [9.17, 15) is 0 Å². The van der Waals surface area contributed by atoms with Gasteiger partial charge in [-0.1, -0.05) is 0 Å². The molecule has 1 N–H and O–H groups in total. The molecule has 3 atom stereocenters. The predicted molar refractivity (Wildman–Crippen MR) is 73.7 cm³/mol. The number of fused-ring (bicyclic) bond motifs is 2. The van der Waals surface area contributed by atoms with Gasteiger partial charge in [-0.05, 0) is 49.7 Å². The average molecular weight is 263 g/mol. The van der Waals surface area contributed by atoms with Crippen LogP contribution in [-0.4, -0.2) is 48.1 Å². The molecule has 3 aliphatic heterocycles. The fraction of sp³-hybridized carbons (Fsp3) is 1.00. The molecule has 3 heterocycles. The lowest BCUT2D eigenvalue weighted by Gasteiger charge is -2.29. The van der Waals surface area contributed by atoms with Crippen molar-refractivity contribution in [1.29, 1.82) is 0 Å². The number of rotatable bonds is 2. The second kappa shape index (κ2) is 5.94. The summed E-state index contributed by atoms with van der Waals surface area (Å²) in [7, 11) is 0. The molecule has 4 heteroatoms. The highest BCUT2D eigenvalue weighted by molar-refractivity contribution is 7.99. The highest BCUT2D eigenvalue weighted by atomic mass is 35.5. The lowest BCUT2D eigenvalue weighted by atomic mass is 10.1. The first-order chi connectivity index (χ1) is 7.43. The van der Waals surface area contributed by atoms with E-state index in [4.69, 9.17) is 0 Å². The Bertz CT molecular complexity index is 207. The van der Waals surface area contributed by atoms with Crippen LogP contribution < -0.4 is 5.32 Å². The molecule has 0 aromatic rings. The maximum atomic E-state index is 3.59. The summed E-state index contributed by atoms with van der Waals surface area (Å²) in [5.74, 6) is 3.83. The van der Waals surface area contributed by atoms with Crippen LogP contribution in [0.5, 0.6) is 0 Å². The van der Waals surface area contributed by atoms with E-state index in [1.807, 2.05) is 0 Å². The van der Waals surface area contributed by atoms with Crippen molar-refractivity contribution in [3.63, 3.8) is 0 Å². The summed E-state index contributed by atoms with van der Waals surface area (Å²) in [6, 6.07) is 1.78. The van der Waals surface area contributed by atoms with Gasteiger partial charge < -0.3 is 5.32 Å². The Kier molecular flexibility index (Phi) is 4.83. The van der Waals surface area contributed by atoms with Crippen LogP contribution in [0.3, 0.4) is 0 Å². The third kappa shape index (κ3) is 2.69. The van der Waals surface area contributed by atoms with Gasteiger partial charge in [-0.3, -0.25) is 4.90 Å².